The van der Waals surface area contributed by atoms with Crippen molar-refractivity contribution in [2.45, 2.75) is 59.3 Å². The summed E-state index contributed by atoms with van der Waals surface area (Å²) in [4.78, 5) is 0. The summed E-state index contributed by atoms with van der Waals surface area (Å²) in [6.45, 7) is 8.54. The Morgan fingerprint density at radius 3 is 2.44 bits per heavy atom. The summed E-state index contributed by atoms with van der Waals surface area (Å²) in [6, 6.07) is 4.19. The van der Waals surface area contributed by atoms with Crippen molar-refractivity contribution in [3.63, 3.8) is 0 Å². The van der Waals surface area contributed by atoms with Crippen LogP contribution in [0.3, 0.4) is 0 Å². The molecule has 0 aromatic heterocycles. The molecule has 1 N–H and O–H groups in total. The van der Waals surface area contributed by atoms with Crippen LogP contribution in [-0.2, 0) is 6.42 Å². The highest BCUT2D eigenvalue weighted by atomic mass is 16.3. The Morgan fingerprint density at radius 1 is 1.19 bits per heavy atom. The lowest BCUT2D eigenvalue weighted by Crippen LogP contribution is -1.96. The molecule has 1 nitrogen and oxygen atoms in total. The van der Waals surface area contributed by atoms with E-state index in [0.29, 0.717) is 11.7 Å². The third-order valence-corrected chi connectivity index (χ3v) is 3.20. The molecule has 0 saturated heterocycles. The molecular formula is C15H24O. The van der Waals surface area contributed by atoms with Gasteiger partial charge in [0, 0.05) is 0 Å². The lowest BCUT2D eigenvalue weighted by molar-refractivity contribution is 0.455. The van der Waals surface area contributed by atoms with Gasteiger partial charge >= 0.3 is 0 Å². The second kappa shape index (κ2) is 5.93. The molecule has 1 aromatic carbocycles. The molecule has 0 atom stereocenters. The van der Waals surface area contributed by atoms with Gasteiger partial charge in [-0.05, 0) is 42.4 Å². The van der Waals surface area contributed by atoms with Crippen LogP contribution in [0.15, 0.2) is 12.1 Å². The van der Waals surface area contributed by atoms with Crippen LogP contribution < -0.4 is 0 Å². The topological polar surface area (TPSA) is 20.2 Å². The van der Waals surface area contributed by atoms with Gasteiger partial charge in [0.15, 0.2) is 0 Å². The molecule has 0 bridgehead atoms. The second-order valence-electron chi connectivity index (χ2n) is 4.91. The van der Waals surface area contributed by atoms with E-state index in [4.69, 9.17) is 0 Å². The highest BCUT2D eigenvalue weighted by molar-refractivity contribution is 5.46. The van der Waals surface area contributed by atoms with Crippen LogP contribution in [0.2, 0.25) is 0 Å². The van der Waals surface area contributed by atoms with Crippen molar-refractivity contribution in [2.75, 3.05) is 0 Å². The third-order valence-electron chi connectivity index (χ3n) is 3.20. The van der Waals surface area contributed by atoms with Gasteiger partial charge in [0.1, 0.15) is 5.75 Å². The van der Waals surface area contributed by atoms with Crippen LogP contribution in [0.5, 0.6) is 5.75 Å². The van der Waals surface area contributed by atoms with E-state index in [9.17, 15) is 5.11 Å². The maximum absolute atomic E-state index is 10.2. The second-order valence-corrected chi connectivity index (χ2v) is 4.91. The van der Waals surface area contributed by atoms with Crippen molar-refractivity contribution in [1.29, 1.82) is 0 Å². The number of unbranched alkanes of at least 4 members (excludes halogenated alkanes) is 2. The monoisotopic (exact) mass is 220 g/mol. The number of aromatic hydroxyl groups is 1. The minimum absolute atomic E-state index is 0.394. The molecule has 1 rings (SSSR count). The van der Waals surface area contributed by atoms with E-state index in [1.54, 1.807) is 0 Å². The Kier molecular flexibility index (Phi) is 4.85. The van der Waals surface area contributed by atoms with E-state index in [-0.39, 0.29) is 0 Å². The Hall–Kier alpha value is -0.980. The van der Waals surface area contributed by atoms with Crippen LogP contribution in [0.1, 0.15) is 62.6 Å². The van der Waals surface area contributed by atoms with E-state index in [2.05, 4.69) is 39.8 Å². The first-order valence-electron chi connectivity index (χ1n) is 6.39. The zero-order valence-corrected chi connectivity index (χ0v) is 11.0. The molecule has 0 spiro atoms. The fraction of sp³-hybridized carbons (Fsp3) is 0.600. The number of phenolic OH excluding ortho intramolecular Hbond substituents is 1. The molecule has 0 aliphatic rings. The van der Waals surface area contributed by atoms with Crippen LogP contribution in [0.4, 0.5) is 0 Å². The molecule has 1 aromatic rings. The molecule has 0 amide bonds. The van der Waals surface area contributed by atoms with Crippen molar-refractivity contribution < 1.29 is 5.11 Å². The molecule has 0 saturated carbocycles. The van der Waals surface area contributed by atoms with E-state index in [0.717, 1.165) is 17.5 Å². The van der Waals surface area contributed by atoms with E-state index in [1.807, 2.05) is 0 Å². The van der Waals surface area contributed by atoms with Crippen molar-refractivity contribution >= 4 is 0 Å². The summed E-state index contributed by atoms with van der Waals surface area (Å²) >= 11 is 0. The summed E-state index contributed by atoms with van der Waals surface area (Å²) < 4.78 is 0. The highest BCUT2D eigenvalue weighted by Gasteiger charge is 2.12. The van der Waals surface area contributed by atoms with Crippen molar-refractivity contribution in [1.82, 2.24) is 0 Å². The Balaban J connectivity index is 2.92. The number of hydrogen-bond donors (Lipinski definition) is 1. The molecule has 0 aliphatic heterocycles. The first-order valence-corrected chi connectivity index (χ1v) is 6.39. The van der Waals surface area contributed by atoms with Crippen molar-refractivity contribution in [3.8, 4) is 5.75 Å². The van der Waals surface area contributed by atoms with Crippen LogP contribution in [0, 0.1) is 6.92 Å². The maximum Gasteiger partial charge on any atom is 0.122 e. The maximum atomic E-state index is 10.2. The largest absolute Gasteiger partial charge is 0.507 e. The van der Waals surface area contributed by atoms with Gasteiger partial charge in [-0.2, -0.15) is 0 Å². The number of benzene rings is 1. The number of hydrogen-bond acceptors (Lipinski definition) is 1. The van der Waals surface area contributed by atoms with Gasteiger partial charge in [-0.25, -0.2) is 0 Å². The molecule has 16 heavy (non-hydrogen) atoms. The summed E-state index contributed by atoms with van der Waals surface area (Å²) in [5, 5.41) is 10.2. The van der Waals surface area contributed by atoms with Gasteiger partial charge in [-0.1, -0.05) is 45.7 Å². The minimum Gasteiger partial charge on any atom is -0.507 e. The van der Waals surface area contributed by atoms with Crippen LogP contribution >= 0.6 is 0 Å². The molecule has 0 unspecified atom stereocenters. The van der Waals surface area contributed by atoms with Gasteiger partial charge in [0.2, 0.25) is 0 Å². The molecule has 0 aliphatic carbocycles. The lowest BCUT2D eigenvalue weighted by Gasteiger charge is -2.15. The lowest BCUT2D eigenvalue weighted by atomic mass is 9.93. The average Bonchev–Trinajstić information content (AvgIpc) is 2.22. The average molecular weight is 220 g/mol. The molecule has 0 heterocycles. The van der Waals surface area contributed by atoms with Crippen LogP contribution in [-0.4, -0.2) is 5.11 Å². The third kappa shape index (κ3) is 3.01. The fourth-order valence-electron chi connectivity index (χ4n) is 2.09. The van der Waals surface area contributed by atoms with Crippen molar-refractivity contribution in [3.05, 3.63) is 28.8 Å². The number of aryl methyl sites for hydroxylation is 1. The van der Waals surface area contributed by atoms with Crippen LogP contribution in [0.25, 0.3) is 0 Å². The van der Waals surface area contributed by atoms with Gasteiger partial charge in [-0.3, -0.25) is 0 Å². The van der Waals surface area contributed by atoms with Gasteiger partial charge in [-0.15, -0.1) is 0 Å². The fourth-order valence-corrected chi connectivity index (χ4v) is 2.09. The molecule has 0 fully saturated rings. The molecule has 90 valence electrons. The van der Waals surface area contributed by atoms with E-state index >= 15 is 0 Å². The summed E-state index contributed by atoms with van der Waals surface area (Å²) in [7, 11) is 0. The summed E-state index contributed by atoms with van der Waals surface area (Å²) in [5.74, 6) is 0.927. The number of rotatable bonds is 5. The predicted octanol–water partition coefficient (Wildman–Crippen LogP) is 4.56. The van der Waals surface area contributed by atoms with E-state index < -0.39 is 0 Å². The number of phenols is 1. The Morgan fingerprint density at radius 2 is 1.88 bits per heavy atom. The Bertz CT molecular complexity index is 340. The van der Waals surface area contributed by atoms with Gasteiger partial charge < -0.3 is 5.11 Å². The van der Waals surface area contributed by atoms with E-state index in [1.165, 1.54) is 24.8 Å². The van der Waals surface area contributed by atoms with Gasteiger partial charge in [0.05, 0.1) is 0 Å². The molecule has 0 radical (unpaired) electrons. The van der Waals surface area contributed by atoms with Crippen molar-refractivity contribution in [2.24, 2.45) is 0 Å². The first-order chi connectivity index (χ1) is 7.57. The predicted molar refractivity (Wildman–Crippen MR) is 70.2 cm³/mol. The minimum atomic E-state index is 0.394. The summed E-state index contributed by atoms with van der Waals surface area (Å²) in [5.41, 5.74) is 3.45. The Labute approximate surface area is 99.5 Å². The normalized spacial score (nSPS) is 11.1. The molecule has 1 heteroatoms. The standard InChI is InChI=1S/C15H24O/c1-5-6-7-8-14-12(4)9-10-13(11(2)3)15(14)16/h9-11,16H,5-8H2,1-4H3. The van der Waals surface area contributed by atoms with Gasteiger partial charge in [0.25, 0.3) is 0 Å². The SMILES string of the molecule is CCCCCc1c(C)ccc(C(C)C)c1O. The summed E-state index contributed by atoms with van der Waals surface area (Å²) in [6.07, 6.45) is 4.65. The molecular weight excluding hydrogens is 196 g/mol. The zero-order chi connectivity index (χ0) is 12.1. The highest BCUT2D eigenvalue weighted by Crippen LogP contribution is 2.32. The quantitative estimate of drug-likeness (QED) is 0.721. The zero-order valence-electron chi connectivity index (χ0n) is 11.0. The first kappa shape index (κ1) is 13.1. The smallest absolute Gasteiger partial charge is 0.122 e.